The summed E-state index contributed by atoms with van der Waals surface area (Å²) in [6.07, 6.45) is 1.46. The zero-order valence-corrected chi connectivity index (χ0v) is 17.0. The third-order valence-corrected chi connectivity index (χ3v) is 4.94. The summed E-state index contributed by atoms with van der Waals surface area (Å²) in [6.45, 7) is 0.618. The van der Waals surface area contributed by atoms with Crippen LogP contribution < -0.4 is 19.5 Å². The van der Waals surface area contributed by atoms with E-state index in [9.17, 15) is 4.79 Å². The Morgan fingerprint density at radius 1 is 0.906 bits per heavy atom. The van der Waals surface area contributed by atoms with Crippen molar-refractivity contribution in [3.63, 3.8) is 0 Å². The van der Waals surface area contributed by atoms with Gasteiger partial charge in [0.2, 0.25) is 12.7 Å². The fourth-order valence-electron chi connectivity index (χ4n) is 3.29. The van der Waals surface area contributed by atoms with Crippen molar-refractivity contribution in [1.29, 1.82) is 0 Å². The minimum Gasteiger partial charge on any atom is -0.454 e. The summed E-state index contributed by atoms with van der Waals surface area (Å²) < 4.78 is 16.5. The second-order valence-electron chi connectivity index (χ2n) is 7.10. The van der Waals surface area contributed by atoms with Crippen molar-refractivity contribution >= 4 is 5.91 Å². The quantitative estimate of drug-likeness (QED) is 0.486. The van der Waals surface area contributed by atoms with Crippen molar-refractivity contribution in [2.75, 3.05) is 6.79 Å². The lowest BCUT2D eigenvalue weighted by Gasteiger charge is -2.08. The maximum absolute atomic E-state index is 12.5. The number of nitrogens with one attached hydrogen (secondary N) is 1. The molecule has 1 aromatic heterocycles. The van der Waals surface area contributed by atoms with E-state index in [0.717, 1.165) is 16.9 Å². The van der Waals surface area contributed by atoms with Gasteiger partial charge in [-0.2, -0.15) is 0 Å². The van der Waals surface area contributed by atoms with E-state index in [0.29, 0.717) is 35.2 Å². The number of nitrogens with zero attached hydrogens (tertiary/aromatic N) is 2. The van der Waals surface area contributed by atoms with Gasteiger partial charge in [0.25, 0.3) is 5.91 Å². The first kappa shape index (κ1) is 19.6. The Bertz CT molecular complexity index is 1240. The molecule has 3 aromatic carbocycles. The molecule has 0 bridgehead atoms. The highest BCUT2D eigenvalue weighted by Crippen LogP contribution is 2.32. The number of rotatable bonds is 6. The zero-order valence-electron chi connectivity index (χ0n) is 17.0. The van der Waals surface area contributed by atoms with Crippen molar-refractivity contribution in [1.82, 2.24) is 15.3 Å². The highest BCUT2D eigenvalue weighted by molar-refractivity contribution is 5.94. The summed E-state index contributed by atoms with van der Waals surface area (Å²) >= 11 is 0. The average molecular weight is 425 g/mol. The summed E-state index contributed by atoms with van der Waals surface area (Å²) in [5.41, 5.74) is 3.06. The molecule has 2 heterocycles. The van der Waals surface area contributed by atoms with E-state index in [4.69, 9.17) is 14.2 Å². The molecule has 5 rings (SSSR count). The van der Waals surface area contributed by atoms with E-state index in [-0.39, 0.29) is 12.7 Å². The van der Waals surface area contributed by atoms with Gasteiger partial charge in [-0.15, -0.1) is 0 Å². The SMILES string of the molecule is O=C(NCc1ccc2c(c1)OCO2)c1ccc(-c2cc(Oc3ccccc3)ncn2)cc1. The maximum atomic E-state index is 12.5. The number of fused-ring (bicyclic) bond motifs is 1. The predicted molar refractivity (Wildman–Crippen MR) is 118 cm³/mol. The van der Waals surface area contributed by atoms with Crippen molar-refractivity contribution in [3.8, 4) is 34.4 Å². The second-order valence-corrected chi connectivity index (χ2v) is 7.10. The smallest absolute Gasteiger partial charge is 0.251 e. The molecule has 0 saturated carbocycles. The fourth-order valence-corrected chi connectivity index (χ4v) is 3.29. The number of carbonyl (C=O) groups is 1. The molecule has 7 heteroatoms. The zero-order chi connectivity index (χ0) is 21.8. The lowest BCUT2D eigenvalue weighted by atomic mass is 10.1. The molecular weight excluding hydrogens is 406 g/mol. The van der Waals surface area contributed by atoms with Crippen LogP contribution in [0.2, 0.25) is 0 Å². The molecule has 1 aliphatic rings. The average Bonchev–Trinajstić information content (AvgIpc) is 3.31. The van der Waals surface area contributed by atoms with E-state index < -0.39 is 0 Å². The van der Waals surface area contributed by atoms with Gasteiger partial charge in [-0.1, -0.05) is 36.4 Å². The number of hydrogen-bond donors (Lipinski definition) is 1. The number of hydrogen-bond acceptors (Lipinski definition) is 6. The molecule has 0 aliphatic carbocycles. The molecule has 32 heavy (non-hydrogen) atoms. The highest BCUT2D eigenvalue weighted by atomic mass is 16.7. The summed E-state index contributed by atoms with van der Waals surface area (Å²) in [7, 11) is 0. The second kappa shape index (κ2) is 8.77. The van der Waals surface area contributed by atoms with Crippen LogP contribution >= 0.6 is 0 Å². The summed E-state index contributed by atoms with van der Waals surface area (Å²) in [4.78, 5) is 21.0. The van der Waals surface area contributed by atoms with Crippen molar-refractivity contribution in [2.24, 2.45) is 0 Å². The van der Waals surface area contributed by atoms with E-state index in [1.54, 1.807) is 18.2 Å². The molecule has 4 aromatic rings. The molecule has 0 fully saturated rings. The first-order chi connectivity index (χ1) is 15.7. The van der Waals surface area contributed by atoms with Crippen LogP contribution in [0.1, 0.15) is 15.9 Å². The third kappa shape index (κ3) is 4.37. The fraction of sp³-hybridized carbons (Fsp3) is 0.0800. The Morgan fingerprint density at radius 2 is 1.72 bits per heavy atom. The molecular formula is C25H19N3O4. The van der Waals surface area contributed by atoms with Crippen LogP contribution in [0.4, 0.5) is 0 Å². The van der Waals surface area contributed by atoms with Crippen LogP contribution in [0.5, 0.6) is 23.1 Å². The molecule has 0 spiro atoms. The molecule has 0 radical (unpaired) electrons. The number of amides is 1. The summed E-state index contributed by atoms with van der Waals surface area (Å²) in [5, 5.41) is 2.92. The van der Waals surface area contributed by atoms with Gasteiger partial charge in [0.15, 0.2) is 11.5 Å². The largest absolute Gasteiger partial charge is 0.454 e. The number of para-hydroxylation sites is 1. The number of benzene rings is 3. The van der Waals surface area contributed by atoms with Gasteiger partial charge in [0.05, 0.1) is 5.69 Å². The Kier molecular flexibility index (Phi) is 5.36. The minimum absolute atomic E-state index is 0.162. The molecule has 158 valence electrons. The molecule has 1 amide bonds. The molecule has 1 N–H and O–H groups in total. The Morgan fingerprint density at radius 3 is 2.56 bits per heavy atom. The summed E-state index contributed by atoms with van der Waals surface area (Å²) in [5.74, 6) is 2.41. The number of aromatic nitrogens is 2. The van der Waals surface area contributed by atoms with Gasteiger partial charge in [0.1, 0.15) is 12.1 Å². The molecule has 0 atom stereocenters. The lowest BCUT2D eigenvalue weighted by Crippen LogP contribution is -2.22. The van der Waals surface area contributed by atoms with Crippen LogP contribution in [-0.4, -0.2) is 22.7 Å². The minimum atomic E-state index is -0.162. The first-order valence-corrected chi connectivity index (χ1v) is 10.1. The van der Waals surface area contributed by atoms with E-state index in [2.05, 4.69) is 15.3 Å². The molecule has 0 unspecified atom stereocenters. The van der Waals surface area contributed by atoms with Crippen LogP contribution in [0.15, 0.2) is 85.2 Å². The van der Waals surface area contributed by atoms with Crippen molar-refractivity contribution in [2.45, 2.75) is 6.54 Å². The van der Waals surface area contributed by atoms with Crippen molar-refractivity contribution < 1.29 is 19.0 Å². The van der Waals surface area contributed by atoms with Crippen LogP contribution in [0.3, 0.4) is 0 Å². The molecule has 1 aliphatic heterocycles. The standard InChI is InChI=1S/C25H19N3O4/c29-25(26-14-17-6-11-22-23(12-17)31-16-30-22)19-9-7-18(8-10-19)21-13-24(28-15-27-21)32-20-4-2-1-3-5-20/h1-13,15H,14,16H2,(H,26,29). The van der Waals surface area contributed by atoms with E-state index >= 15 is 0 Å². The van der Waals surface area contributed by atoms with Gasteiger partial charge in [0, 0.05) is 23.7 Å². The van der Waals surface area contributed by atoms with Crippen LogP contribution in [0.25, 0.3) is 11.3 Å². The monoisotopic (exact) mass is 425 g/mol. The Balaban J connectivity index is 1.24. The molecule has 0 saturated heterocycles. The van der Waals surface area contributed by atoms with Gasteiger partial charge < -0.3 is 19.5 Å². The van der Waals surface area contributed by atoms with Gasteiger partial charge >= 0.3 is 0 Å². The van der Waals surface area contributed by atoms with Crippen molar-refractivity contribution in [3.05, 3.63) is 96.3 Å². The lowest BCUT2D eigenvalue weighted by molar-refractivity contribution is 0.0951. The van der Waals surface area contributed by atoms with E-state index in [1.807, 2.05) is 60.7 Å². The number of ether oxygens (including phenoxy) is 3. The van der Waals surface area contributed by atoms with E-state index in [1.165, 1.54) is 6.33 Å². The first-order valence-electron chi connectivity index (χ1n) is 10.1. The van der Waals surface area contributed by atoms with Gasteiger partial charge in [-0.05, 0) is 42.0 Å². The molecule has 7 nitrogen and oxygen atoms in total. The summed E-state index contributed by atoms with van der Waals surface area (Å²) in [6, 6.07) is 24.1. The normalized spacial score (nSPS) is 11.8. The predicted octanol–water partition coefficient (Wildman–Crippen LogP) is 4.59. The Labute approximate surface area is 184 Å². The van der Waals surface area contributed by atoms with Crippen LogP contribution in [-0.2, 0) is 6.54 Å². The van der Waals surface area contributed by atoms with Gasteiger partial charge in [-0.25, -0.2) is 9.97 Å². The highest BCUT2D eigenvalue weighted by Gasteiger charge is 2.14. The Hall–Kier alpha value is -4.39. The van der Waals surface area contributed by atoms with Crippen LogP contribution in [0, 0.1) is 0 Å². The third-order valence-electron chi connectivity index (χ3n) is 4.94. The maximum Gasteiger partial charge on any atom is 0.251 e. The van der Waals surface area contributed by atoms with Gasteiger partial charge in [-0.3, -0.25) is 4.79 Å². The number of carbonyl (C=O) groups excluding carboxylic acids is 1. The topological polar surface area (TPSA) is 82.6 Å².